The van der Waals surface area contributed by atoms with Crippen LogP contribution < -0.4 is 5.32 Å². The smallest absolute Gasteiger partial charge is 0.109 e. The van der Waals surface area contributed by atoms with E-state index in [-0.39, 0.29) is 0 Å². The van der Waals surface area contributed by atoms with Crippen molar-refractivity contribution in [2.75, 3.05) is 0 Å². The zero-order valence-corrected chi connectivity index (χ0v) is 10.0. The van der Waals surface area contributed by atoms with E-state index in [1.165, 1.54) is 25.0 Å². The Morgan fingerprint density at radius 1 is 1.47 bits per heavy atom. The minimum Gasteiger partial charge on any atom is -0.385 e. The zero-order valence-electron chi connectivity index (χ0n) is 10.0. The van der Waals surface area contributed by atoms with Gasteiger partial charge in [-0.15, -0.1) is 6.58 Å². The number of piperidine rings is 1. The predicted octanol–water partition coefficient (Wildman–Crippen LogP) is 2.32. The molecule has 3 nitrogen and oxygen atoms in total. The summed E-state index contributed by atoms with van der Waals surface area (Å²) in [7, 11) is 0. The number of allylic oxidation sites excluding steroid dienone is 1. The van der Waals surface area contributed by atoms with Crippen LogP contribution in [-0.4, -0.2) is 24.6 Å². The summed E-state index contributed by atoms with van der Waals surface area (Å²) >= 11 is 0. The third kappa shape index (κ3) is 2.06. The van der Waals surface area contributed by atoms with Gasteiger partial charge >= 0.3 is 0 Å². The van der Waals surface area contributed by atoms with Crippen LogP contribution in [0.1, 0.15) is 25.7 Å². The van der Waals surface area contributed by atoms with E-state index in [0.717, 1.165) is 6.42 Å². The molecule has 0 aromatic heterocycles. The molecule has 1 saturated heterocycles. The van der Waals surface area contributed by atoms with Crippen molar-refractivity contribution in [3.05, 3.63) is 24.4 Å². The van der Waals surface area contributed by atoms with Gasteiger partial charge in [0.25, 0.3) is 0 Å². The Hall–Kier alpha value is -1.38. The first-order valence-electron chi connectivity index (χ1n) is 6.51. The molecule has 0 amide bonds. The summed E-state index contributed by atoms with van der Waals surface area (Å²) in [5.74, 6) is 1.09. The van der Waals surface area contributed by atoms with Crippen molar-refractivity contribution < 1.29 is 0 Å². The Kier molecular flexibility index (Phi) is 2.83. The molecule has 0 aromatic rings. The van der Waals surface area contributed by atoms with E-state index in [1.54, 1.807) is 6.34 Å². The molecule has 0 aromatic carbocycles. The maximum atomic E-state index is 4.49. The van der Waals surface area contributed by atoms with Gasteiger partial charge in [-0.25, -0.2) is 4.99 Å². The Bertz CT molecular complexity index is 394. The number of aliphatic imine (C=N–C) groups is 2. The largest absolute Gasteiger partial charge is 0.385 e. The standard InChI is InChI=1S/C14H19N3/c1-2-3-12-5-4-10-6-13-11(7-14(10)17-12)8-15-9-16-13/h2,7-13,17H,1,3-6H2. The van der Waals surface area contributed by atoms with Gasteiger partial charge in [0.15, 0.2) is 0 Å². The maximum absolute atomic E-state index is 4.49. The molecule has 1 aliphatic carbocycles. The number of rotatable bonds is 2. The molecule has 2 heterocycles. The van der Waals surface area contributed by atoms with Crippen molar-refractivity contribution in [3.8, 4) is 0 Å². The van der Waals surface area contributed by atoms with Crippen LogP contribution >= 0.6 is 0 Å². The number of hydrogen-bond acceptors (Lipinski definition) is 3. The topological polar surface area (TPSA) is 36.8 Å². The molecule has 0 spiro atoms. The third-order valence-corrected chi connectivity index (χ3v) is 4.05. The van der Waals surface area contributed by atoms with Crippen LogP contribution in [0.5, 0.6) is 0 Å². The Balaban J connectivity index is 1.77. The molecule has 17 heavy (non-hydrogen) atoms. The second-order valence-corrected chi connectivity index (χ2v) is 5.21. The summed E-state index contributed by atoms with van der Waals surface area (Å²) in [6, 6.07) is 1.01. The minimum atomic E-state index is 0.404. The van der Waals surface area contributed by atoms with Crippen molar-refractivity contribution in [3.63, 3.8) is 0 Å². The van der Waals surface area contributed by atoms with E-state index in [9.17, 15) is 0 Å². The average Bonchev–Trinajstić information content (AvgIpc) is 2.36. The van der Waals surface area contributed by atoms with Gasteiger partial charge < -0.3 is 5.32 Å². The monoisotopic (exact) mass is 229 g/mol. The number of hydrogen-bond donors (Lipinski definition) is 1. The van der Waals surface area contributed by atoms with Crippen molar-refractivity contribution in [2.24, 2.45) is 21.8 Å². The van der Waals surface area contributed by atoms with Gasteiger partial charge in [-0.2, -0.15) is 0 Å². The molecule has 4 atom stereocenters. The summed E-state index contributed by atoms with van der Waals surface area (Å²) in [5.41, 5.74) is 1.42. The van der Waals surface area contributed by atoms with Crippen LogP contribution in [0, 0.1) is 11.8 Å². The van der Waals surface area contributed by atoms with E-state index in [4.69, 9.17) is 0 Å². The molecule has 90 valence electrons. The lowest BCUT2D eigenvalue weighted by Crippen LogP contribution is -2.42. The normalized spacial score (nSPS) is 38.7. The van der Waals surface area contributed by atoms with E-state index in [2.05, 4.69) is 28.0 Å². The van der Waals surface area contributed by atoms with Crippen LogP contribution in [0.2, 0.25) is 0 Å². The summed E-state index contributed by atoms with van der Waals surface area (Å²) in [6.45, 7) is 3.82. The van der Waals surface area contributed by atoms with Gasteiger partial charge in [0.1, 0.15) is 6.34 Å². The van der Waals surface area contributed by atoms with E-state index >= 15 is 0 Å². The van der Waals surface area contributed by atoms with Gasteiger partial charge in [-0.05, 0) is 25.7 Å². The average molecular weight is 229 g/mol. The van der Waals surface area contributed by atoms with Crippen molar-refractivity contribution >= 4 is 12.6 Å². The van der Waals surface area contributed by atoms with Crippen LogP contribution in [0.3, 0.4) is 0 Å². The lowest BCUT2D eigenvalue weighted by Gasteiger charge is -2.39. The summed E-state index contributed by atoms with van der Waals surface area (Å²) in [4.78, 5) is 8.64. The van der Waals surface area contributed by atoms with Crippen LogP contribution in [0.4, 0.5) is 0 Å². The lowest BCUT2D eigenvalue weighted by atomic mass is 9.77. The van der Waals surface area contributed by atoms with Gasteiger partial charge in [-0.3, -0.25) is 4.99 Å². The highest BCUT2D eigenvalue weighted by molar-refractivity contribution is 5.78. The molecular weight excluding hydrogens is 210 g/mol. The summed E-state index contributed by atoms with van der Waals surface area (Å²) < 4.78 is 0. The molecule has 0 saturated carbocycles. The SMILES string of the molecule is C=CCC1CCC2CC3N=CN=CC3C=C2N1. The first-order chi connectivity index (χ1) is 8.36. The fraction of sp³-hybridized carbons (Fsp3) is 0.571. The zero-order chi connectivity index (χ0) is 11.7. The van der Waals surface area contributed by atoms with E-state index in [1.807, 2.05) is 12.3 Å². The number of fused-ring (bicyclic) bond motifs is 2. The third-order valence-electron chi connectivity index (χ3n) is 4.05. The number of nitrogens with one attached hydrogen (secondary N) is 1. The molecule has 0 radical (unpaired) electrons. The second kappa shape index (κ2) is 4.47. The predicted molar refractivity (Wildman–Crippen MR) is 71.4 cm³/mol. The first kappa shape index (κ1) is 10.8. The maximum Gasteiger partial charge on any atom is 0.109 e. The molecule has 1 N–H and O–H groups in total. The van der Waals surface area contributed by atoms with Crippen LogP contribution in [0.25, 0.3) is 0 Å². The summed E-state index contributed by atoms with van der Waals surface area (Å²) in [5, 5.41) is 3.67. The van der Waals surface area contributed by atoms with Crippen LogP contribution in [-0.2, 0) is 0 Å². The van der Waals surface area contributed by atoms with E-state index in [0.29, 0.717) is 23.9 Å². The van der Waals surface area contributed by atoms with Gasteiger partial charge in [0, 0.05) is 29.8 Å². The van der Waals surface area contributed by atoms with E-state index < -0.39 is 0 Å². The fourth-order valence-electron chi connectivity index (χ4n) is 3.12. The molecule has 3 rings (SSSR count). The van der Waals surface area contributed by atoms with Crippen LogP contribution in [0.15, 0.2) is 34.4 Å². The summed E-state index contributed by atoms with van der Waals surface area (Å²) in [6.07, 6.45) is 12.9. The molecule has 1 fully saturated rings. The second-order valence-electron chi connectivity index (χ2n) is 5.21. The van der Waals surface area contributed by atoms with Gasteiger partial charge in [0.2, 0.25) is 0 Å². The molecule has 3 heteroatoms. The highest BCUT2D eigenvalue weighted by atomic mass is 15.0. The minimum absolute atomic E-state index is 0.404. The van der Waals surface area contributed by atoms with Crippen molar-refractivity contribution in [2.45, 2.75) is 37.8 Å². The molecule has 3 aliphatic rings. The van der Waals surface area contributed by atoms with Crippen molar-refractivity contribution in [1.82, 2.24) is 5.32 Å². The fourth-order valence-corrected chi connectivity index (χ4v) is 3.12. The lowest BCUT2D eigenvalue weighted by molar-refractivity contribution is 0.309. The molecular formula is C14H19N3. The molecule has 4 unspecified atom stereocenters. The Labute approximate surface area is 102 Å². The quantitative estimate of drug-likeness (QED) is 0.725. The van der Waals surface area contributed by atoms with Crippen molar-refractivity contribution in [1.29, 1.82) is 0 Å². The highest BCUT2D eigenvalue weighted by Gasteiger charge is 2.34. The first-order valence-corrected chi connectivity index (χ1v) is 6.51. The molecule has 0 bridgehead atoms. The Morgan fingerprint density at radius 3 is 3.29 bits per heavy atom. The molecule has 2 aliphatic heterocycles. The van der Waals surface area contributed by atoms with Gasteiger partial charge in [0.05, 0.1) is 6.04 Å². The highest BCUT2D eigenvalue weighted by Crippen LogP contribution is 2.36. The number of nitrogens with zero attached hydrogens (tertiary/aromatic N) is 2. The Morgan fingerprint density at radius 2 is 2.41 bits per heavy atom. The van der Waals surface area contributed by atoms with Gasteiger partial charge in [-0.1, -0.05) is 12.2 Å².